The summed E-state index contributed by atoms with van der Waals surface area (Å²) in [6, 6.07) is 6.20. The third-order valence-corrected chi connectivity index (χ3v) is 6.22. The molecule has 2 aromatic rings. The van der Waals surface area contributed by atoms with E-state index < -0.39 is 0 Å². The number of rotatable bonds is 2. The first-order valence-electron chi connectivity index (χ1n) is 5.83. The normalized spacial score (nSPS) is 19.9. The second-order valence-corrected chi connectivity index (χ2v) is 7.18. The summed E-state index contributed by atoms with van der Waals surface area (Å²) in [5.41, 5.74) is 1.41. The van der Waals surface area contributed by atoms with Crippen LogP contribution in [0.3, 0.4) is 0 Å². The molecule has 0 spiro atoms. The predicted molar refractivity (Wildman–Crippen MR) is 78.0 cm³/mol. The van der Waals surface area contributed by atoms with E-state index in [1.54, 1.807) is 10.9 Å². The van der Waals surface area contributed by atoms with E-state index in [1.807, 2.05) is 18.5 Å². The molecule has 2 aromatic heterocycles. The number of halogens is 1. The fourth-order valence-electron chi connectivity index (χ4n) is 1.97. The minimum absolute atomic E-state index is 0.227. The van der Waals surface area contributed by atoms with Crippen molar-refractivity contribution in [1.29, 1.82) is 0 Å². The van der Waals surface area contributed by atoms with E-state index in [2.05, 4.69) is 26.2 Å². The Hall–Kier alpha value is -1.04. The van der Waals surface area contributed by atoms with Gasteiger partial charge in [-0.1, -0.05) is 10.1 Å². The molecular weight excluding hydrogens is 325 g/mol. The Morgan fingerprint density at radius 1 is 1.35 bits per heavy atom. The molecule has 0 bridgehead atoms. The van der Waals surface area contributed by atoms with Crippen molar-refractivity contribution in [3.05, 3.63) is 42.4 Å². The topological polar surface area (TPSA) is 30.7 Å². The van der Waals surface area contributed by atoms with Crippen LogP contribution in [0.5, 0.6) is 0 Å². The number of hydrogen-bond donors (Lipinski definition) is 0. The van der Waals surface area contributed by atoms with Gasteiger partial charge in [-0.25, -0.2) is 9.67 Å². The fraction of sp³-hybridized carbons (Fsp3) is 0.308. The van der Waals surface area contributed by atoms with E-state index in [-0.39, 0.29) is 20.7 Å². The summed E-state index contributed by atoms with van der Waals surface area (Å²) >= 11 is 0.227. The number of aromatic nitrogens is 3. The molecule has 3 heterocycles. The van der Waals surface area contributed by atoms with Crippen LogP contribution in [0.4, 0.5) is 0 Å². The summed E-state index contributed by atoms with van der Waals surface area (Å²) in [6.45, 7) is 0. The quantitative estimate of drug-likeness (QED) is 0.621. The van der Waals surface area contributed by atoms with E-state index >= 15 is 0 Å². The second kappa shape index (κ2) is 5.08. The molecule has 17 heavy (non-hydrogen) atoms. The van der Waals surface area contributed by atoms with Crippen molar-refractivity contribution in [2.75, 3.05) is 0 Å². The molecule has 1 atom stereocenters. The van der Waals surface area contributed by atoms with E-state index in [1.165, 1.54) is 24.8 Å². The highest BCUT2D eigenvalue weighted by molar-refractivity contribution is 14.2. The first-order valence-corrected chi connectivity index (χ1v) is 8.32. The van der Waals surface area contributed by atoms with E-state index in [0.29, 0.717) is 0 Å². The van der Waals surface area contributed by atoms with Gasteiger partial charge in [-0.3, -0.25) is 0 Å². The molecule has 1 unspecified atom stereocenters. The van der Waals surface area contributed by atoms with Crippen LogP contribution in [0.15, 0.2) is 36.8 Å². The lowest BCUT2D eigenvalue weighted by molar-refractivity contribution is 0.763. The molecule has 4 heteroatoms. The summed E-state index contributed by atoms with van der Waals surface area (Å²) < 4.78 is 5.09. The lowest BCUT2D eigenvalue weighted by atomic mass is 10.1. The molecule has 0 saturated heterocycles. The Morgan fingerprint density at radius 3 is 3.00 bits per heavy atom. The SMILES string of the molecule is C1=IC(c2ccc(-n3cccn3)nc2)CCC1. The highest BCUT2D eigenvalue weighted by atomic mass is 127. The van der Waals surface area contributed by atoms with Gasteiger partial charge in [0.25, 0.3) is 0 Å². The molecule has 0 radical (unpaired) electrons. The zero-order valence-corrected chi connectivity index (χ0v) is 11.6. The molecule has 1 aliphatic heterocycles. The van der Waals surface area contributed by atoms with Gasteiger partial charge in [-0.15, -0.1) is 20.7 Å². The molecule has 3 rings (SSSR count). The van der Waals surface area contributed by atoms with Crippen LogP contribution in [0, 0.1) is 0 Å². The minimum Gasteiger partial charge on any atom is -0.237 e. The summed E-state index contributed by atoms with van der Waals surface area (Å²) in [7, 11) is 0. The van der Waals surface area contributed by atoms with Gasteiger partial charge in [0.1, 0.15) is 0 Å². The van der Waals surface area contributed by atoms with E-state index in [0.717, 1.165) is 9.74 Å². The van der Waals surface area contributed by atoms with E-state index in [4.69, 9.17) is 0 Å². The van der Waals surface area contributed by atoms with Gasteiger partial charge in [0.05, 0.1) is 0 Å². The van der Waals surface area contributed by atoms with Crippen LogP contribution in [-0.4, -0.2) is 18.8 Å². The van der Waals surface area contributed by atoms with Crippen molar-refractivity contribution in [3.63, 3.8) is 0 Å². The Kier molecular flexibility index (Phi) is 3.31. The first kappa shape index (κ1) is 11.1. The largest absolute Gasteiger partial charge is 0.237 e. The van der Waals surface area contributed by atoms with Crippen LogP contribution < -0.4 is 0 Å². The van der Waals surface area contributed by atoms with Gasteiger partial charge in [0.2, 0.25) is 0 Å². The maximum Gasteiger partial charge on any atom is 0.153 e. The van der Waals surface area contributed by atoms with Crippen molar-refractivity contribution < 1.29 is 0 Å². The molecule has 0 aliphatic carbocycles. The number of hydrogen-bond acceptors (Lipinski definition) is 2. The fourth-order valence-corrected chi connectivity index (χ4v) is 4.97. The standard InChI is InChI=1S/C13H14IN3/c1-2-7-14-12(4-1)11-5-6-13(15-10-11)17-9-3-8-16-17/h3,5-10,12H,1-2,4H2. The molecule has 0 fully saturated rings. The monoisotopic (exact) mass is 339 g/mol. The summed E-state index contributed by atoms with van der Waals surface area (Å²) in [6.07, 6.45) is 9.72. The molecule has 3 nitrogen and oxygen atoms in total. The smallest absolute Gasteiger partial charge is 0.153 e. The lowest BCUT2D eigenvalue weighted by Gasteiger charge is -2.15. The van der Waals surface area contributed by atoms with Crippen molar-refractivity contribution in [1.82, 2.24) is 14.8 Å². The molecule has 0 aromatic carbocycles. The third kappa shape index (κ3) is 2.46. The average molecular weight is 339 g/mol. The third-order valence-electron chi connectivity index (χ3n) is 2.88. The minimum atomic E-state index is 0.227. The molecule has 0 saturated carbocycles. The zero-order valence-electron chi connectivity index (χ0n) is 9.46. The first-order chi connectivity index (χ1) is 8.43. The van der Waals surface area contributed by atoms with Gasteiger partial charge < -0.3 is 0 Å². The number of nitrogens with zero attached hydrogens (tertiary/aromatic N) is 3. The van der Waals surface area contributed by atoms with Gasteiger partial charge in [-0.2, -0.15) is 5.10 Å². The van der Waals surface area contributed by atoms with Crippen molar-refractivity contribution in [2.45, 2.75) is 23.2 Å². The van der Waals surface area contributed by atoms with Crippen LogP contribution in [0.25, 0.3) is 5.82 Å². The number of alkyl halides is 1. The van der Waals surface area contributed by atoms with Gasteiger partial charge in [0.15, 0.2) is 5.82 Å². The molecule has 1 aliphatic rings. The highest BCUT2D eigenvalue weighted by Crippen LogP contribution is 2.36. The average Bonchev–Trinajstić information content (AvgIpc) is 2.94. The van der Waals surface area contributed by atoms with Crippen molar-refractivity contribution in [2.24, 2.45) is 0 Å². The molecule has 0 amide bonds. The van der Waals surface area contributed by atoms with Crippen molar-refractivity contribution >= 4 is 24.7 Å². The van der Waals surface area contributed by atoms with Gasteiger partial charge in [-0.05, 0) is 37.0 Å². The van der Waals surface area contributed by atoms with Crippen LogP contribution >= 0.6 is 20.7 Å². The molecular formula is C13H14IN3. The highest BCUT2D eigenvalue weighted by Gasteiger charge is 2.12. The van der Waals surface area contributed by atoms with Crippen LogP contribution in [0.2, 0.25) is 0 Å². The second-order valence-electron chi connectivity index (χ2n) is 4.08. The molecule has 0 N–H and O–H groups in total. The maximum absolute atomic E-state index is 4.50. The Balaban J connectivity index is 1.85. The van der Waals surface area contributed by atoms with Gasteiger partial charge >= 0.3 is 0 Å². The van der Waals surface area contributed by atoms with Gasteiger partial charge in [0, 0.05) is 22.5 Å². The van der Waals surface area contributed by atoms with Crippen molar-refractivity contribution in [3.8, 4) is 5.82 Å². The molecule has 88 valence electrons. The maximum atomic E-state index is 4.50. The lowest BCUT2D eigenvalue weighted by Crippen LogP contribution is -2.00. The summed E-state index contributed by atoms with van der Waals surface area (Å²) in [5, 5.41) is 4.18. The Labute approximate surface area is 111 Å². The summed E-state index contributed by atoms with van der Waals surface area (Å²) in [5.74, 6) is 0.900. The predicted octanol–water partition coefficient (Wildman–Crippen LogP) is 3.27. The Morgan fingerprint density at radius 2 is 2.35 bits per heavy atom. The summed E-state index contributed by atoms with van der Waals surface area (Å²) in [4.78, 5) is 4.50. The van der Waals surface area contributed by atoms with Crippen LogP contribution in [-0.2, 0) is 0 Å². The Bertz CT molecular complexity index is 502. The van der Waals surface area contributed by atoms with E-state index in [9.17, 15) is 0 Å². The zero-order chi connectivity index (χ0) is 11.5. The van der Waals surface area contributed by atoms with Crippen LogP contribution in [0.1, 0.15) is 28.8 Å². The number of pyridine rings is 1.